The molecule has 1 rings (SSSR count). The van der Waals surface area contributed by atoms with Crippen molar-refractivity contribution in [1.82, 2.24) is 5.32 Å². The van der Waals surface area contributed by atoms with Crippen LogP contribution in [0.3, 0.4) is 0 Å². The smallest absolute Gasteiger partial charge is 0.139 e. The summed E-state index contributed by atoms with van der Waals surface area (Å²) in [5.41, 5.74) is 2.35. The van der Waals surface area contributed by atoms with Crippen molar-refractivity contribution in [3.63, 3.8) is 0 Å². The third-order valence-corrected chi connectivity index (χ3v) is 2.43. The maximum absolute atomic E-state index is 11.5. The lowest BCUT2D eigenvalue weighted by Gasteiger charge is -2.05. The molecule has 1 aromatic carbocycles. The Morgan fingerprint density at radius 3 is 2.20 bits per heavy atom. The highest BCUT2D eigenvalue weighted by atomic mass is 16.1. The van der Waals surface area contributed by atoms with Crippen molar-refractivity contribution in [2.24, 2.45) is 5.92 Å². The molecule has 0 aliphatic heterocycles. The Balaban J connectivity index is 2.60. The molecule has 0 saturated heterocycles. The van der Waals surface area contributed by atoms with Crippen molar-refractivity contribution in [3.8, 4) is 0 Å². The molecule has 0 amide bonds. The predicted molar refractivity (Wildman–Crippen MR) is 62.8 cm³/mol. The van der Waals surface area contributed by atoms with Gasteiger partial charge in [0.1, 0.15) is 5.78 Å². The van der Waals surface area contributed by atoms with Crippen LogP contribution in [0.4, 0.5) is 0 Å². The molecule has 0 aromatic heterocycles. The first-order valence-corrected chi connectivity index (χ1v) is 5.38. The first-order chi connectivity index (χ1) is 7.13. The summed E-state index contributed by atoms with van der Waals surface area (Å²) >= 11 is 0. The molecule has 2 nitrogen and oxygen atoms in total. The Hall–Kier alpha value is -1.15. The molecule has 0 atom stereocenters. The molecule has 15 heavy (non-hydrogen) atoms. The largest absolute Gasteiger partial charge is 0.316 e. The van der Waals surface area contributed by atoms with Gasteiger partial charge in [-0.2, -0.15) is 0 Å². The van der Waals surface area contributed by atoms with E-state index in [2.05, 4.69) is 17.4 Å². The Bertz CT molecular complexity index is 314. The average Bonchev–Trinajstić information content (AvgIpc) is 2.21. The van der Waals surface area contributed by atoms with Crippen LogP contribution in [-0.2, 0) is 17.8 Å². The molecule has 0 aliphatic carbocycles. The van der Waals surface area contributed by atoms with Crippen LogP contribution >= 0.6 is 0 Å². The number of ketones is 1. The summed E-state index contributed by atoms with van der Waals surface area (Å²) in [6, 6.07) is 8.21. The molecule has 0 radical (unpaired) electrons. The van der Waals surface area contributed by atoms with Crippen LogP contribution in [0.1, 0.15) is 25.0 Å². The van der Waals surface area contributed by atoms with E-state index >= 15 is 0 Å². The summed E-state index contributed by atoms with van der Waals surface area (Å²) in [7, 11) is 1.93. The SMILES string of the molecule is CNCc1ccc(CC(=O)C(C)C)cc1. The van der Waals surface area contributed by atoms with E-state index in [1.54, 1.807) is 0 Å². The van der Waals surface area contributed by atoms with Gasteiger partial charge in [-0.1, -0.05) is 38.1 Å². The maximum Gasteiger partial charge on any atom is 0.139 e. The Labute approximate surface area is 91.7 Å². The van der Waals surface area contributed by atoms with Gasteiger partial charge in [-0.15, -0.1) is 0 Å². The second-order valence-corrected chi connectivity index (χ2v) is 4.14. The van der Waals surface area contributed by atoms with Crippen molar-refractivity contribution in [3.05, 3.63) is 35.4 Å². The molecule has 0 aliphatic rings. The standard InChI is InChI=1S/C13H19NO/c1-10(2)13(15)8-11-4-6-12(7-5-11)9-14-3/h4-7,10,14H,8-9H2,1-3H3. The minimum Gasteiger partial charge on any atom is -0.316 e. The minimum absolute atomic E-state index is 0.127. The Morgan fingerprint density at radius 2 is 1.73 bits per heavy atom. The zero-order valence-corrected chi connectivity index (χ0v) is 9.71. The lowest BCUT2D eigenvalue weighted by Crippen LogP contribution is -2.10. The number of hydrogen-bond donors (Lipinski definition) is 1. The lowest BCUT2D eigenvalue weighted by molar-refractivity contribution is -0.121. The topological polar surface area (TPSA) is 29.1 Å². The number of nitrogens with one attached hydrogen (secondary N) is 1. The first-order valence-electron chi connectivity index (χ1n) is 5.38. The van der Waals surface area contributed by atoms with Gasteiger partial charge in [0, 0.05) is 18.9 Å². The third kappa shape index (κ3) is 3.84. The van der Waals surface area contributed by atoms with Crippen molar-refractivity contribution in [1.29, 1.82) is 0 Å². The number of hydrogen-bond acceptors (Lipinski definition) is 2. The number of carbonyl (C=O) groups is 1. The molecule has 0 bridgehead atoms. The summed E-state index contributed by atoms with van der Waals surface area (Å²) in [6.07, 6.45) is 0.553. The Kier molecular flexibility index (Phi) is 4.50. The van der Waals surface area contributed by atoms with E-state index in [9.17, 15) is 4.79 Å². The average molecular weight is 205 g/mol. The van der Waals surface area contributed by atoms with E-state index in [0.29, 0.717) is 12.2 Å². The second kappa shape index (κ2) is 5.66. The van der Waals surface area contributed by atoms with E-state index in [1.165, 1.54) is 5.56 Å². The maximum atomic E-state index is 11.5. The molecule has 0 fully saturated rings. The van der Waals surface area contributed by atoms with Gasteiger partial charge in [-0.25, -0.2) is 0 Å². The first kappa shape index (κ1) is 11.9. The van der Waals surface area contributed by atoms with Crippen LogP contribution in [0.2, 0.25) is 0 Å². The highest BCUT2D eigenvalue weighted by Gasteiger charge is 2.07. The quantitative estimate of drug-likeness (QED) is 0.798. The monoisotopic (exact) mass is 205 g/mol. The zero-order valence-electron chi connectivity index (χ0n) is 9.71. The summed E-state index contributed by atoms with van der Waals surface area (Å²) in [5, 5.41) is 3.10. The highest BCUT2D eigenvalue weighted by Crippen LogP contribution is 2.08. The van der Waals surface area contributed by atoms with Crippen molar-refractivity contribution < 1.29 is 4.79 Å². The van der Waals surface area contributed by atoms with Crippen LogP contribution in [-0.4, -0.2) is 12.8 Å². The molecule has 2 heteroatoms. The van der Waals surface area contributed by atoms with Gasteiger partial charge in [0.2, 0.25) is 0 Å². The molecular weight excluding hydrogens is 186 g/mol. The van der Waals surface area contributed by atoms with Gasteiger partial charge < -0.3 is 5.32 Å². The fourth-order valence-corrected chi connectivity index (χ4v) is 1.38. The number of Topliss-reactive ketones (excluding diaryl/α,β-unsaturated/α-hetero) is 1. The number of rotatable bonds is 5. The molecule has 0 saturated carbocycles. The van der Waals surface area contributed by atoms with E-state index in [1.807, 2.05) is 33.0 Å². The highest BCUT2D eigenvalue weighted by molar-refractivity contribution is 5.82. The Morgan fingerprint density at radius 1 is 1.20 bits per heavy atom. The second-order valence-electron chi connectivity index (χ2n) is 4.14. The van der Waals surface area contributed by atoms with E-state index in [-0.39, 0.29) is 5.92 Å². The molecule has 1 aromatic rings. The molecule has 0 heterocycles. The van der Waals surface area contributed by atoms with E-state index in [4.69, 9.17) is 0 Å². The van der Waals surface area contributed by atoms with Gasteiger partial charge in [0.05, 0.1) is 0 Å². The molecular formula is C13H19NO. The van der Waals surface area contributed by atoms with Crippen molar-refractivity contribution in [2.45, 2.75) is 26.8 Å². The van der Waals surface area contributed by atoms with Crippen LogP contribution in [0.25, 0.3) is 0 Å². The van der Waals surface area contributed by atoms with Gasteiger partial charge in [-0.3, -0.25) is 4.79 Å². The van der Waals surface area contributed by atoms with Crippen molar-refractivity contribution >= 4 is 5.78 Å². The van der Waals surface area contributed by atoms with Crippen LogP contribution in [0.15, 0.2) is 24.3 Å². The van der Waals surface area contributed by atoms with E-state index < -0.39 is 0 Å². The summed E-state index contributed by atoms with van der Waals surface area (Å²) < 4.78 is 0. The van der Waals surface area contributed by atoms with Crippen molar-refractivity contribution in [2.75, 3.05) is 7.05 Å². The summed E-state index contributed by atoms with van der Waals surface area (Å²) in [5.74, 6) is 0.429. The van der Waals surface area contributed by atoms with Gasteiger partial charge in [-0.05, 0) is 18.2 Å². The minimum atomic E-state index is 0.127. The number of carbonyl (C=O) groups excluding carboxylic acids is 1. The van der Waals surface area contributed by atoms with Crippen LogP contribution in [0.5, 0.6) is 0 Å². The fourth-order valence-electron chi connectivity index (χ4n) is 1.38. The summed E-state index contributed by atoms with van der Waals surface area (Å²) in [6.45, 7) is 4.76. The van der Waals surface area contributed by atoms with Gasteiger partial charge >= 0.3 is 0 Å². The lowest BCUT2D eigenvalue weighted by atomic mass is 10.0. The predicted octanol–water partition coefficient (Wildman–Crippen LogP) is 2.17. The van der Waals surface area contributed by atoms with Gasteiger partial charge in [0.15, 0.2) is 0 Å². The molecule has 0 unspecified atom stereocenters. The van der Waals surface area contributed by atoms with Gasteiger partial charge in [0.25, 0.3) is 0 Å². The third-order valence-electron chi connectivity index (χ3n) is 2.43. The number of benzene rings is 1. The normalized spacial score (nSPS) is 10.7. The van der Waals surface area contributed by atoms with Crippen LogP contribution < -0.4 is 5.32 Å². The van der Waals surface area contributed by atoms with E-state index in [0.717, 1.165) is 12.1 Å². The molecule has 82 valence electrons. The van der Waals surface area contributed by atoms with Crippen LogP contribution in [0, 0.1) is 5.92 Å². The zero-order chi connectivity index (χ0) is 11.3. The molecule has 0 spiro atoms. The summed E-state index contributed by atoms with van der Waals surface area (Å²) in [4.78, 5) is 11.5. The molecule has 1 N–H and O–H groups in total. The fraction of sp³-hybridized carbons (Fsp3) is 0.462.